The third kappa shape index (κ3) is 3.28. The number of furan rings is 1. The van der Waals surface area contributed by atoms with Gasteiger partial charge in [0.15, 0.2) is 5.76 Å². The van der Waals surface area contributed by atoms with Crippen LogP contribution in [0.15, 0.2) is 59.0 Å². The molecule has 1 aromatic heterocycles. The monoisotopic (exact) mass is 339 g/mol. The van der Waals surface area contributed by atoms with Crippen LogP contribution in [0.4, 0.5) is 4.39 Å². The molecule has 1 unspecified atom stereocenters. The lowest BCUT2D eigenvalue weighted by atomic mass is 10.1. The van der Waals surface area contributed by atoms with Crippen molar-refractivity contribution in [2.45, 2.75) is 25.0 Å². The minimum atomic E-state index is -0.866. The van der Waals surface area contributed by atoms with Crippen LogP contribution in [0.3, 0.4) is 0 Å². The first-order chi connectivity index (χ1) is 12.1. The highest BCUT2D eigenvalue weighted by atomic mass is 19.1. The topological polar surface area (TPSA) is 53.7 Å². The van der Waals surface area contributed by atoms with Crippen LogP contribution in [0, 0.1) is 5.82 Å². The molecule has 0 radical (unpaired) electrons. The van der Waals surface area contributed by atoms with E-state index in [9.17, 15) is 14.3 Å². The van der Waals surface area contributed by atoms with Crippen molar-refractivity contribution in [1.29, 1.82) is 0 Å². The molecule has 3 aromatic rings. The molecule has 0 saturated heterocycles. The maximum Gasteiger partial charge on any atom is 0.289 e. The summed E-state index contributed by atoms with van der Waals surface area (Å²) in [6.07, 6.45) is 0.971. The van der Waals surface area contributed by atoms with Crippen LogP contribution in [0.25, 0.3) is 11.0 Å². The van der Waals surface area contributed by atoms with Crippen molar-refractivity contribution in [3.05, 3.63) is 71.7 Å². The van der Waals surface area contributed by atoms with Gasteiger partial charge < -0.3 is 14.4 Å². The number of hydrogen-bond acceptors (Lipinski definition) is 3. The van der Waals surface area contributed by atoms with E-state index in [1.807, 2.05) is 24.3 Å². The molecule has 5 heteroatoms. The molecule has 2 aromatic carbocycles. The van der Waals surface area contributed by atoms with Gasteiger partial charge in [0.2, 0.25) is 0 Å². The van der Waals surface area contributed by atoms with Crippen LogP contribution < -0.4 is 0 Å². The summed E-state index contributed by atoms with van der Waals surface area (Å²) in [5.41, 5.74) is 1.25. The first kappa shape index (κ1) is 15.8. The number of halogens is 1. The molecule has 1 saturated carbocycles. The maximum atomic E-state index is 13.0. The van der Waals surface area contributed by atoms with Gasteiger partial charge in [-0.2, -0.15) is 0 Å². The van der Waals surface area contributed by atoms with Gasteiger partial charge in [-0.05, 0) is 42.7 Å². The second-order valence-corrected chi connectivity index (χ2v) is 6.40. The second kappa shape index (κ2) is 6.33. The number of hydrogen-bond donors (Lipinski definition) is 1. The molecule has 128 valence electrons. The number of benzene rings is 2. The minimum absolute atomic E-state index is 0.121. The molecule has 1 N–H and O–H groups in total. The zero-order chi connectivity index (χ0) is 17.4. The summed E-state index contributed by atoms with van der Waals surface area (Å²) in [7, 11) is 0. The Kier molecular flexibility index (Phi) is 4.01. The smallest absolute Gasteiger partial charge is 0.289 e. The highest BCUT2D eigenvalue weighted by molar-refractivity contribution is 5.96. The summed E-state index contributed by atoms with van der Waals surface area (Å²) in [5, 5.41) is 11.3. The lowest BCUT2D eigenvalue weighted by Gasteiger charge is -2.24. The van der Waals surface area contributed by atoms with Crippen LogP contribution in [-0.4, -0.2) is 28.5 Å². The van der Waals surface area contributed by atoms with Gasteiger partial charge >= 0.3 is 0 Å². The maximum absolute atomic E-state index is 13.0. The fourth-order valence-electron chi connectivity index (χ4n) is 2.99. The van der Waals surface area contributed by atoms with Crippen molar-refractivity contribution in [3.8, 4) is 0 Å². The van der Waals surface area contributed by atoms with E-state index in [0.717, 1.165) is 18.2 Å². The van der Waals surface area contributed by atoms with E-state index in [1.165, 1.54) is 24.3 Å². The van der Waals surface area contributed by atoms with Gasteiger partial charge in [-0.3, -0.25) is 4.79 Å². The second-order valence-electron chi connectivity index (χ2n) is 6.40. The largest absolute Gasteiger partial charge is 0.451 e. The van der Waals surface area contributed by atoms with E-state index in [2.05, 4.69) is 0 Å². The Morgan fingerprint density at radius 1 is 1.20 bits per heavy atom. The molecule has 0 aliphatic heterocycles. The van der Waals surface area contributed by atoms with E-state index >= 15 is 0 Å². The van der Waals surface area contributed by atoms with Gasteiger partial charge in [-0.1, -0.05) is 30.3 Å². The van der Waals surface area contributed by atoms with Crippen LogP contribution >= 0.6 is 0 Å². The molecule has 1 amide bonds. The zero-order valence-electron chi connectivity index (χ0n) is 13.6. The van der Waals surface area contributed by atoms with Crippen molar-refractivity contribution < 1.29 is 18.7 Å². The number of nitrogens with zero attached hydrogens (tertiary/aromatic N) is 1. The van der Waals surface area contributed by atoms with Gasteiger partial charge in [0.25, 0.3) is 5.91 Å². The average molecular weight is 339 g/mol. The summed E-state index contributed by atoms with van der Waals surface area (Å²) in [5.74, 6) is -0.299. The lowest BCUT2D eigenvalue weighted by Crippen LogP contribution is -2.36. The molecule has 0 spiro atoms. The first-order valence-electron chi connectivity index (χ1n) is 8.35. The minimum Gasteiger partial charge on any atom is -0.451 e. The summed E-state index contributed by atoms with van der Waals surface area (Å²) in [6.45, 7) is 0.159. The normalized spacial score (nSPS) is 15.3. The molecule has 1 fully saturated rings. The van der Waals surface area contributed by atoms with E-state index in [1.54, 1.807) is 11.0 Å². The molecule has 1 aliphatic carbocycles. The number of para-hydroxylation sites is 1. The summed E-state index contributed by atoms with van der Waals surface area (Å²) in [4.78, 5) is 14.5. The average Bonchev–Trinajstić information content (AvgIpc) is 3.37. The van der Waals surface area contributed by atoms with Crippen molar-refractivity contribution in [2.75, 3.05) is 6.54 Å². The lowest BCUT2D eigenvalue weighted by molar-refractivity contribution is 0.0576. The molecule has 4 nitrogen and oxygen atoms in total. The van der Waals surface area contributed by atoms with Gasteiger partial charge in [0.05, 0.1) is 12.6 Å². The van der Waals surface area contributed by atoms with Gasteiger partial charge in [-0.15, -0.1) is 0 Å². The zero-order valence-corrected chi connectivity index (χ0v) is 13.6. The highest BCUT2D eigenvalue weighted by Crippen LogP contribution is 2.31. The predicted molar refractivity (Wildman–Crippen MR) is 91.6 cm³/mol. The van der Waals surface area contributed by atoms with Crippen LogP contribution in [0.1, 0.15) is 35.1 Å². The van der Waals surface area contributed by atoms with Crippen molar-refractivity contribution in [1.82, 2.24) is 4.90 Å². The Morgan fingerprint density at radius 2 is 1.92 bits per heavy atom. The van der Waals surface area contributed by atoms with Crippen molar-refractivity contribution in [2.24, 2.45) is 0 Å². The van der Waals surface area contributed by atoms with E-state index in [4.69, 9.17) is 4.42 Å². The Balaban J connectivity index is 1.56. The molecule has 1 aliphatic rings. The molecule has 4 rings (SSSR count). The third-order valence-corrected chi connectivity index (χ3v) is 4.51. The number of aliphatic hydroxyl groups is 1. The number of carbonyl (C=O) groups excluding carboxylic acids is 1. The van der Waals surface area contributed by atoms with E-state index in [-0.39, 0.29) is 30.1 Å². The fraction of sp³-hybridized carbons (Fsp3) is 0.250. The highest BCUT2D eigenvalue weighted by Gasteiger charge is 2.35. The van der Waals surface area contributed by atoms with Crippen LogP contribution in [-0.2, 0) is 0 Å². The fourth-order valence-corrected chi connectivity index (χ4v) is 2.99. The summed E-state index contributed by atoms with van der Waals surface area (Å²) in [6, 6.07) is 15.0. The van der Waals surface area contributed by atoms with Gasteiger partial charge in [-0.25, -0.2) is 4.39 Å². The predicted octanol–water partition coefficient (Wildman–Crippen LogP) is 3.91. The SMILES string of the molecule is O=C(c1cc2ccccc2o1)N(CC(O)c1ccc(F)cc1)C1CC1. The Labute approximate surface area is 144 Å². The number of carbonyl (C=O) groups is 1. The molecule has 0 bridgehead atoms. The van der Waals surface area contributed by atoms with Crippen LogP contribution in [0.2, 0.25) is 0 Å². The Bertz CT molecular complexity index is 866. The molecule has 25 heavy (non-hydrogen) atoms. The Hall–Kier alpha value is -2.66. The van der Waals surface area contributed by atoms with Gasteiger partial charge in [0, 0.05) is 11.4 Å². The number of aliphatic hydroxyl groups excluding tert-OH is 1. The molecule has 1 atom stereocenters. The third-order valence-electron chi connectivity index (χ3n) is 4.51. The quantitative estimate of drug-likeness (QED) is 0.767. The summed E-state index contributed by atoms with van der Waals surface area (Å²) >= 11 is 0. The van der Waals surface area contributed by atoms with Gasteiger partial charge in [0.1, 0.15) is 11.4 Å². The van der Waals surface area contributed by atoms with Crippen molar-refractivity contribution >= 4 is 16.9 Å². The number of fused-ring (bicyclic) bond motifs is 1. The van der Waals surface area contributed by atoms with E-state index in [0.29, 0.717) is 11.1 Å². The molecular formula is C20H18FNO3. The van der Waals surface area contributed by atoms with Crippen LogP contribution in [0.5, 0.6) is 0 Å². The molecular weight excluding hydrogens is 321 g/mol. The number of rotatable bonds is 5. The van der Waals surface area contributed by atoms with E-state index < -0.39 is 6.10 Å². The standard InChI is InChI=1S/C20H18FNO3/c21-15-7-5-13(6-8-15)17(23)12-22(16-9-10-16)20(24)19-11-14-3-1-2-4-18(14)25-19/h1-8,11,16-17,23H,9-10,12H2. The first-order valence-corrected chi connectivity index (χ1v) is 8.35. The Morgan fingerprint density at radius 3 is 2.60 bits per heavy atom. The van der Waals surface area contributed by atoms with Crippen molar-refractivity contribution in [3.63, 3.8) is 0 Å². The number of amides is 1. The summed E-state index contributed by atoms with van der Waals surface area (Å²) < 4.78 is 18.7. The molecule has 1 heterocycles.